The molecule has 0 bridgehead atoms. The highest BCUT2D eigenvalue weighted by molar-refractivity contribution is 7.92. The maximum absolute atomic E-state index is 13.9. The molecule has 0 aliphatic rings. The lowest BCUT2D eigenvalue weighted by atomic mass is 10.0. The molecule has 4 aromatic rings. The number of nitrogens with zero attached hydrogens (tertiary/aromatic N) is 2. The van der Waals surface area contributed by atoms with E-state index in [2.05, 4.69) is 19.9 Å². The van der Waals surface area contributed by atoms with Gasteiger partial charge in [-0.15, -0.1) is 0 Å². The minimum Gasteiger partial charge on any atom is -0.280 e. The van der Waals surface area contributed by atoms with Crippen molar-refractivity contribution in [1.82, 2.24) is 15.2 Å². The first-order valence-electron chi connectivity index (χ1n) is 8.36. The van der Waals surface area contributed by atoms with Crippen molar-refractivity contribution in [1.29, 1.82) is 0 Å². The van der Waals surface area contributed by atoms with Gasteiger partial charge in [0.25, 0.3) is 10.0 Å². The molecule has 4 rings (SSSR count). The van der Waals surface area contributed by atoms with Crippen molar-refractivity contribution in [3.63, 3.8) is 0 Å². The standard InChI is InChI=1S/C20H15FN4O2S/c21-18-6-1-2-7-19(18)28(26,27)25-16-5-3-4-15(12-16)20-17(13-23-24-20)14-8-10-22-11-9-14/h1-13,25H,(H,23,24). The Balaban J connectivity index is 1.69. The van der Waals surface area contributed by atoms with Gasteiger partial charge in [-0.25, -0.2) is 12.8 Å². The van der Waals surface area contributed by atoms with E-state index in [1.54, 1.807) is 36.8 Å². The Morgan fingerprint density at radius 2 is 1.71 bits per heavy atom. The highest BCUT2D eigenvalue weighted by atomic mass is 32.2. The van der Waals surface area contributed by atoms with Crippen molar-refractivity contribution in [3.8, 4) is 22.4 Å². The molecule has 0 saturated carbocycles. The fourth-order valence-electron chi connectivity index (χ4n) is 2.87. The Kier molecular flexibility index (Phi) is 4.62. The molecule has 8 heteroatoms. The molecule has 0 saturated heterocycles. The number of anilines is 1. The molecule has 2 aromatic carbocycles. The second-order valence-corrected chi connectivity index (χ2v) is 7.66. The van der Waals surface area contributed by atoms with Crippen molar-refractivity contribution in [3.05, 3.63) is 85.1 Å². The summed E-state index contributed by atoms with van der Waals surface area (Å²) in [7, 11) is -4.05. The average Bonchev–Trinajstić information content (AvgIpc) is 3.19. The van der Waals surface area contributed by atoms with Crippen LogP contribution in [0, 0.1) is 5.82 Å². The van der Waals surface area contributed by atoms with E-state index in [-0.39, 0.29) is 0 Å². The summed E-state index contributed by atoms with van der Waals surface area (Å²) in [4.78, 5) is 3.61. The van der Waals surface area contributed by atoms with Crippen LogP contribution in [0.5, 0.6) is 0 Å². The number of halogens is 1. The van der Waals surface area contributed by atoms with E-state index in [0.717, 1.165) is 28.5 Å². The van der Waals surface area contributed by atoms with Gasteiger partial charge >= 0.3 is 0 Å². The minimum absolute atomic E-state index is 0.316. The fraction of sp³-hybridized carbons (Fsp3) is 0. The van der Waals surface area contributed by atoms with Crippen LogP contribution in [-0.4, -0.2) is 23.6 Å². The van der Waals surface area contributed by atoms with Gasteiger partial charge in [0.05, 0.1) is 11.9 Å². The van der Waals surface area contributed by atoms with Crippen LogP contribution in [-0.2, 0) is 10.0 Å². The first-order chi connectivity index (χ1) is 13.5. The van der Waals surface area contributed by atoms with E-state index in [1.807, 2.05) is 18.2 Å². The molecule has 0 aliphatic heterocycles. The number of H-pyrrole nitrogens is 1. The third-order valence-corrected chi connectivity index (χ3v) is 5.57. The Morgan fingerprint density at radius 3 is 2.50 bits per heavy atom. The number of pyridine rings is 1. The van der Waals surface area contributed by atoms with E-state index >= 15 is 0 Å². The van der Waals surface area contributed by atoms with Crippen molar-refractivity contribution < 1.29 is 12.8 Å². The van der Waals surface area contributed by atoms with Gasteiger partial charge < -0.3 is 0 Å². The van der Waals surface area contributed by atoms with Crippen LogP contribution < -0.4 is 4.72 Å². The summed E-state index contributed by atoms with van der Waals surface area (Å²) in [5.74, 6) is -0.806. The molecule has 2 heterocycles. The normalized spacial score (nSPS) is 11.3. The Morgan fingerprint density at radius 1 is 0.929 bits per heavy atom. The summed E-state index contributed by atoms with van der Waals surface area (Å²) in [6, 6.07) is 15.8. The minimum atomic E-state index is -4.05. The van der Waals surface area contributed by atoms with E-state index in [0.29, 0.717) is 5.69 Å². The average molecular weight is 394 g/mol. The van der Waals surface area contributed by atoms with Crippen LogP contribution in [0.15, 0.2) is 84.1 Å². The molecule has 0 unspecified atom stereocenters. The lowest BCUT2D eigenvalue weighted by Gasteiger charge is -2.10. The molecule has 2 aromatic heterocycles. The van der Waals surface area contributed by atoms with Crippen LogP contribution in [0.3, 0.4) is 0 Å². The first-order valence-corrected chi connectivity index (χ1v) is 9.84. The van der Waals surface area contributed by atoms with Gasteiger partial charge in [-0.05, 0) is 42.0 Å². The summed E-state index contributed by atoms with van der Waals surface area (Å²) >= 11 is 0. The van der Waals surface area contributed by atoms with Crippen LogP contribution in [0.4, 0.5) is 10.1 Å². The molecule has 0 radical (unpaired) electrons. The zero-order chi connectivity index (χ0) is 19.6. The number of aromatic amines is 1. The summed E-state index contributed by atoms with van der Waals surface area (Å²) in [5, 5.41) is 7.05. The molecule has 0 aliphatic carbocycles. The summed E-state index contributed by atoms with van der Waals surface area (Å²) < 4.78 is 41.4. The molecular formula is C20H15FN4O2S. The Hall–Kier alpha value is -3.52. The van der Waals surface area contributed by atoms with Crippen molar-refractivity contribution >= 4 is 15.7 Å². The topological polar surface area (TPSA) is 87.7 Å². The monoisotopic (exact) mass is 394 g/mol. The third kappa shape index (κ3) is 3.49. The second-order valence-electron chi connectivity index (χ2n) is 6.01. The predicted molar refractivity (Wildman–Crippen MR) is 104 cm³/mol. The predicted octanol–water partition coefficient (Wildman–Crippen LogP) is 4.08. The molecule has 0 fully saturated rings. The van der Waals surface area contributed by atoms with Gasteiger partial charge in [0.15, 0.2) is 0 Å². The number of aromatic nitrogens is 3. The number of hydrogen-bond acceptors (Lipinski definition) is 4. The van der Waals surface area contributed by atoms with Crippen molar-refractivity contribution in [2.45, 2.75) is 4.90 Å². The highest BCUT2D eigenvalue weighted by Crippen LogP contribution is 2.31. The number of hydrogen-bond donors (Lipinski definition) is 2. The number of nitrogens with one attached hydrogen (secondary N) is 2. The fourth-order valence-corrected chi connectivity index (χ4v) is 4.00. The van der Waals surface area contributed by atoms with Gasteiger partial charge in [0.1, 0.15) is 10.7 Å². The van der Waals surface area contributed by atoms with Gasteiger partial charge in [-0.3, -0.25) is 14.8 Å². The van der Waals surface area contributed by atoms with Crippen molar-refractivity contribution in [2.75, 3.05) is 4.72 Å². The molecule has 140 valence electrons. The highest BCUT2D eigenvalue weighted by Gasteiger charge is 2.19. The number of benzene rings is 2. The zero-order valence-electron chi connectivity index (χ0n) is 14.5. The summed E-state index contributed by atoms with van der Waals surface area (Å²) in [6.45, 7) is 0. The lowest BCUT2D eigenvalue weighted by Crippen LogP contribution is -2.14. The van der Waals surface area contributed by atoms with Crippen LogP contribution in [0.1, 0.15) is 0 Å². The number of rotatable bonds is 5. The van der Waals surface area contributed by atoms with E-state index in [4.69, 9.17) is 0 Å². The second kappa shape index (κ2) is 7.24. The van der Waals surface area contributed by atoms with Gasteiger partial charge in [-0.2, -0.15) is 5.10 Å². The lowest BCUT2D eigenvalue weighted by molar-refractivity contribution is 0.570. The maximum atomic E-state index is 13.9. The van der Waals surface area contributed by atoms with Gasteiger partial charge in [-0.1, -0.05) is 24.3 Å². The van der Waals surface area contributed by atoms with E-state index in [1.165, 1.54) is 18.2 Å². The smallest absolute Gasteiger partial charge is 0.264 e. The zero-order valence-corrected chi connectivity index (χ0v) is 15.3. The van der Waals surface area contributed by atoms with E-state index < -0.39 is 20.7 Å². The first kappa shape index (κ1) is 17.9. The molecule has 0 amide bonds. The quantitative estimate of drug-likeness (QED) is 0.534. The molecule has 6 nitrogen and oxygen atoms in total. The van der Waals surface area contributed by atoms with Gasteiger partial charge in [0.2, 0.25) is 0 Å². The largest absolute Gasteiger partial charge is 0.280 e. The van der Waals surface area contributed by atoms with Crippen LogP contribution in [0.25, 0.3) is 22.4 Å². The SMILES string of the molecule is O=S(=O)(Nc1cccc(-c2[nH]ncc2-c2ccncc2)c1)c1ccccc1F. The third-order valence-electron chi connectivity index (χ3n) is 4.16. The molecule has 28 heavy (non-hydrogen) atoms. The van der Waals surface area contributed by atoms with Crippen LogP contribution >= 0.6 is 0 Å². The van der Waals surface area contributed by atoms with Crippen molar-refractivity contribution in [2.24, 2.45) is 0 Å². The van der Waals surface area contributed by atoms with Crippen LogP contribution in [0.2, 0.25) is 0 Å². The van der Waals surface area contributed by atoms with Gasteiger partial charge in [0, 0.05) is 29.2 Å². The summed E-state index contributed by atoms with van der Waals surface area (Å²) in [5.41, 5.74) is 3.57. The molecule has 2 N–H and O–H groups in total. The Bertz CT molecular complexity index is 1220. The maximum Gasteiger partial charge on any atom is 0.264 e. The van der Waals surface area contributed by atoms with E-state index in [9.17, 15) is 12.8 Å². The molecular weight excluding hydrogens is 379 g/mol. The summed E-state index contributed by atoms with van der Waals surface area (Å²) in [6.07, 6.45) is 5.07. The number of sulfonamides is 1. The molecule has 0 spiro atoms. The molecule has 0 atom stereocenters. The Labute approximate surface area is 161 Å².